The van der Waals surface area contributed by atoms with E-state index >= 15 is 0 Å². The van der Waals surface area contributed by atoms with Crippen LogP contribution in [0.25, 0.3) is 0 Å². The summed E-state index contributed by atoms with van der Waals surface area (Å²) in [5.74, 6) is 1.19. The summed E-state index contributed by atoms with van der Waals surface area (Å²) >= 11 is 3.90. The van der Waals surface area contributed by atoms with Crippen LogP contribution in [-0.2, 0) is 0 Å². The van der Waals surface area contributed by atoms with Crippen molar-refractivity contribution in [1.29, 1.82) is 0 Å². The summed E-state index contributed by atoms with van der Waals surface area (Å²) in [7, 11) is 0. The quantitative estimate of drug-likeness (QED) is 0.824. The minimum Gasteiger partial charge on any atom is -0.361 e. The van der Waals surface area contributed by atoms with E-state index in [1.807, 2.05) is 23.5 Å². The predicted octanol–water partition coefficient (Wildman–Crippen LogP) is 2.99. The van der Waals surface area contributed by atoms with Gasteiger partial charge in [-0.25, -0.2) is 0 Å². The summed E-state index contributed by atoms with van der Waals surface area (Å²) < 4.78 is 0. The van der Waals surface area contributed by atoms with Crippen LogP contribution in [0.4, 0.5) is 0 Å². The molecule has 1 saturated carbocycles. The summed E-state index contributed by atoms with van der Waals surface area (Å²) in [6, 6.07) is 0.655. The Morgan fingerprint density at radius 3 is 2.88 bits per heavy atom. The predicted molar refractivity (Wildman–Crippen MR) is 76.6 cm³/mol. The van der Waals surface area contributed by atoms with E-state index in [2.05, 4.69) is 30.4 Å². The van der Waals surface area contributed by atoms with E-state index in [4.69, 9.17) is 0 Å². The summed E-state index contributed by atoms with van der Waals surface area (Å²) in [5, 5.41) is 5.62. The number of thioether (sulfide) groups is 2. The monoisotopic (exact) mass is 258 g/mol. The van der Waals surface area contributed by atoms with Crippen molar-refractivity contribution in [2.24, 2.45) is 10.4 Å². The van der Waals surface area contributed by atoms with Gasteiger partial charge in [0.15, 0.2) is 5.17 Å². The molecule has 0 aromatic rings. The Kier molecular flexibility index (Phi) is 4.11. The van der Waals surface area contributed by atoms with Gasteiger partial charge in [0.05, 0.1) is 0 Å². The van der Waals surface area contributed by atoms with Gasteiger partial charge in [-0.15, -0.1) is 0 Å². The van der Waals surface area contributed by atoms with Crippen LogP contribution in [0.5, 0.6) is 0 Å². The molecule has 0 amide bonds. The number of aliphatic imine (C=N–C) groups is 1. The number of hydrogen-bond acceptors (Lipinski definition) is 4. The van der Waals surface area contributed by atoms with Crippen molar-refractivity contribution in [3.63, 3.8) is 0 Å². The molecule has 2 nitrogen and oxygen atoms in total. The third-order valence-electron chi connectivity index (χ3n) is 3.31. The zero-order valence-corrected chi connectivity index (χ0v) is 12.1. The first kappa shape index (κ1) is 12.6. The zero-order valence-electron chi connectivity index (χ0n) is 10.5. The van der Waals surface area contributed by atoms with Crippen molar-refractivity contribution in [2.45, 2.75) is 44.4 Å². The van der Waals surface area contributed by atoms with E-state index in [1.165, 1.54) is 30.2 Å². The molecule has 1 heterocycles. The summed E-state index contributed by atoms with van der Waals surface area (Å²) in [6.45, 7) is 5.56. The van der Waals surface area contributed by atoms with Gasteiger partial charge < -0.3 is 5.32 Å². The lowest BCUT2D eigenvalue weighted by Gasteiger charge is -2.29. The fourth-order valence-electron chi connectivity index (χ4n) is 2.26. The summed E-state index contributed by atoms with van der Waals surface area (Å²) in [5.41, 5.74) is 0.379. The largest absolute Gasteiger partial charge is 0.361 e. The first-order valence-corrected chi connectivity index (χ1v) is 8.35. The molecule has 0 aromatic heterocycles. The van der Waals surface area contributed by atoms with Gasteiger partial charge in [0.2, 0.25) is 0 Å². The van der Waals surface area contributed by atoms with Gasteiger partial charge in [-0.2, -0.15) is 11.8 Å². The molecule has 4 heteroatoms. The Hall–Kier alpha value is 0.170. The molecule has 2 aliphatic rings. The third kappa shape index (κ3) is 3.10. The topological polar surface area (TPSA) is 24.4 Å². The van der Waals surface area contributed by atoms with Gasteiger partial charge in [-0.05, 0) is 24.5 Å². The zero-order chi connectivity index (χ0) is 11.6. The number of hydrogen-bond donors (Lipinski definition) is 1. The fourth-order valence-corrected chi connectivity index (χ4v) is 4.20. The van der Waals surface area contributed by atoms with Gasteiger partial charge in [-0.1, -0.05) is 32.0 Å². The Labute approximate surface area is 107 Å². The molecule has 1 N–H and O–H groups in total. The highest BCUT2D eigenvalue weighted by molar-refractivity contribution is 8.13. The second-order valence-electron chi connectivity index (χ2n) is 5.53. The van der Waals surface area contributed by atoms with Crippen molar-refractivity contribution in [1.82, 2.24) is 5.32 Å². The van der Waals surface area contributed by atoms with Crippen LogP contribution in [0.15, 0.2) is 4.99 Å². The molecule has 16 heavy (non-hydrogen) atoms. The lowest BCUT2D eigenvalue weighted by atomic mass is 9.97. The van der Waals surface area contributed by atoms with Crippen LogP contribution in [0.1, 0.15) is 33.1 Å². The van der Waals surface area contributed by atoms with Crippen LogP contribution >= 0.6 is 23.5 Å². The van der Waals surface area contributed by atoms with Crippen LogP contribution in [0.3, 0.4) is 0 Å². The van der Waals surface area contributed by atoms with Crippen LogP contribution in [-0.4, -0.2) is 35.0 Å². The lowest BCUT2D eigenvalue weighted by molar-refractivity contribution is 0.436. The Bertz CT molecular complexity index is 276. The fraction of sp³-hybridized carbons (Fsp3) is 0.917. The van der Waals surface area contributed by atoms with Gasteiger partial charge in [-0.3, -0.25) is 4.99 Å². The van der Waals surface area contributed by atoms with Crippen molar-refractivity contribution >= 4 is 28.7 Å². The van der Waals surface area contributed by atoms with E-state index < -0.39 is 0 Å². The molecule has 0 radical (unpaired) electrons. The first-order valence-electron chi connectivity index (χ1n) is 6.07. The minimum atomic E-state index is 0.379. The van der Waals surface area contributed by atoms with E-state index in [0.717, 1.165) is 11.8 Å². The highest BCUT2D eigenvalue weighted by Crippen LogP contribution is 2.31. The Morgan fingerprint density at radius 2 is 2.25 bits per heavy atom. The van der Waals surface area contributed by atoms with Crippen molar-refractivity contribution in [2.75, 3.05) is 18.6 Å². The summed E-state index contributed by atoms with van der Waals surface area (Å²) in [4.78, 5) is 4.67. The molecule has 0 spiro atoms. The maximum absolute atomic E-state index is 4.67. The average molecular weight is 258 g/mol. The molecule has 0 aromatic carbocycles. The lowest BCUT2D eigenvalue weighted by Crippen LogP contribution is -2.40. The summed E-state index contributed by atoms with van der Waals surface area (Å²) in [6.07, 6.45) is 6.27. The van der Waals surface area contributed by atoms with Gasteiger partial charge in [0, 0.05) is 23.6 Å². The molecule has 2 rings (SSSR count). The van der Waals surface area contributed by atoms with Crippen LogP contribution < -0.4 is 5.32 Å². The smallest absolute Gasteiger partial charge is 0.156 e. The Balaban J connectivity index is 1.88. The molecule has 1 aliphatic heterocycles. The molecule has 2 unspecified atom stereocenters. The SMILES string of the molecule is CSC1CCCC1NC1=NCC(C)(C)CS1. The minimum absolute atomic E-state index is 0.379. The molecule has 92 valence electrons. The molecule has 2 atom stereocenters. The number of rotatable bonds is 2. The third-order valence-corrected chi connectivity index (χ3v) is 5.93. The maximum atomic E-state index is 4.67. The highest BCUT2D eigenvalue weighted by atomic mass is 32.2. The van der Waals surface area contributed by atoms with Crippen LogP contribution in [0.2, 0.25) is 0 Å². The Morgan fingerprint density at radius 1 is 1.44 bits per heavy atom. The van der Waals surface area contributed by atoms with E-state index in [9.17, 15) is 0 Å². The molecular formula is C12H22N2S2. The first-order chi connectivity index (χ1) is 7.61. The average Bonchev–Trinajstić information content (AvgIpc) is 2.68. The van der Waals surface area contributed by atoms with E-state index in [0.29, 0.717) is 11.5 Å². The highest BCUT2D eigenvalue weighted by Gasteiger charge is 2.29. The van der Waals surface area contributed by atoms with Gasteiger partial charge in [0.1, 0.15) is 0 Å². The second kappa shape index (κ2) is 5.21. The number of amidine groups is 1. The number of nitrogens with zero attached hydrogens (tertiary/aromatic N) is 1. The number of nitrogens with one attached hydrogen (secondary N) is 1. The molecule has 0 saturated heterocycles. The maximum Gasteiger partial charge on any atom is 0.156 e. The molecular weight excluding hydrogens is 236 g/mol. The van der Waals surface area contributed by atoms with Gasteiger partial charge >= 0.3 is 0 Å². The standard InChI is InChI=1S/C12H22N2S2/c1-12(2)7-13-11(16-8-12)14-9-5-4-6-10(9)15-3/h9-10H,4-8H2,1-3H3,(H,13,14). The molecule has 0 bridgehead atoms. The van der Waals surface area contributed by atoms with Crippen molar-refractivity contribution < 1.29 is 0 Å². The van der Waals surface area contributed by atoms with E-state index in [-0.39, 0.29) is 0 Å². The normalized spacial score (nSPS) is 33.6. The van der Waals surface area contributed by atoms with Crippen LogP contribution in [0, 0.1) is 5.41 Å². The van der Waals surface area contributed by atoms with Crippen molar-refractivity contribution in [3.05, 3.63) is 0 Å². The van der Waals surface area contributed by atoms with E-state index in [1.54, 1.807) is 0 Å². The molecule has 1 fully saturated rings. The van der Waals surface area contributed by atoms with Crippen molar-refractivity contribution in [3.8, 4) is 0 Å². The second-order valence-corrected chi connectivity index (χ2v) is 7.57. The van der Waals surface area contributed by atoms with Gasteiger partial charge in [0.25, 0.3) is 0 Å². The molecule has 1 aliphatic carbocycles.